The third-order valence-electron chi connectivity index (χ3n) is 5.05. The smallest absolute Gasteiger partial charge is 0.267 e. The SMILES string of the molecule is C#Cc1cccc(-c2cc(-c3ccc(C)nc3)cc(C(N)=O)n2)c1.CN1CCC(O)C1=O. The number of terminal acetylenes is 1. The number of hydrogen-bond acceptors (Lipinski definition) is 5. The summed E-state index contributed by atoms with van der Waals surface area (Å²) >= 11 is 0. The predicted molar refractivity (Wildman–Crippen MR) is 122 cm³/mol. The molecule has 0 bridgehead atoms. The zero-order valence-electron chi connectivity index (χ0n) is 17.9. The summed E-state index contributed by atoms with van der Waals surface area (Å²) in [7, 11) is 1.69. The van der Waals surface area contributed by atoms with Crippen molar-refractivity contribution in [2.24, 2.45) is 5.73 Å². The molecule has 3 N–H and O–H groups in total. The fourth-order valence-electron chi connectivity index (χ4n) is 3.18. The van der Waals surface area contributed by atoms with Gasteiger partial charge >= 0.3 is 0 Å². The van der Waals surface area contributed by atoms with E-state index in [0.717, 1.165) is 27.9 Å². The molecular weight excluding hydrogens is 404 g/mol. The summed E-state index contributed by atoms with van der Waals surface area (Å²) in [5, 5.41) is 8.78. The third kappa shape index (κ3) is 5.36. The van der Waals surface area contributed by atoms with Gasteiger partial charge in [-0.1, -0.05) is 24.1 Å². The van der Waals surface area contributed by atoms with Crippen molar-refractivity contribution >= 4 is 11.8 Å². The van der Waals surface area contributed by atoms with Crippen LogP contribution in [0.2, 0.25) is 0 Å². The first kappa shape index (κ1) is 22.7. The van der Waals surface area contributed by atoms with Crippen molar-refractivity contribution in [3.8, 4) is 34.7 Å². The fourth-order valence-corrected chi connectivity index (χ4v) is 3.18. The number of primary amides is 1. The molecule has 32 heavy (non-hydrogen) atoms. The lowest BCUT2D eigenvalue weighted by Crippen LogP contribution is -2.24. The fraction of sp³-hybridized carbons (Fsp3) is 0.200. The highest BCUT2D eigenvalue weighted by Gasteiger charge is 2.26. The van der Waals surface area contributed by atoms with Gasteiger partial charge in [-0.15, -0.1) is 6.42 Å². The Bertz CT molecular complexity index is 1170. The number of aromatic nitrogens is 2. The van der Waals surface area contributed by atoms with Crippen molar-refractivity contribution in [2.75, 3.05) is 13.6 Å². The molecule has 1 fully saturated rings. The number of hydrogen-bond donors (Lipinski definition) is 2. The molecule has 1 unspecified atom stereocenters. The number of carbonyl (C=O) groups is 2. The molecule has 1 atom stereocenters. The van der Waals surface area contributed by atoms with E-state index < -0.39 is 12.0 Å². The molecule has 2 amide bonds. The van der Waals surface area contributed by atoms with E-state index >= 15 is 0 Å². The number of rotatable bonds is 3. The van der Waals surface area contributed by atoms with Gasteiger partial charge in [-0.2, -0.15) is 0 Å². The van der Waals surface area contributed by atoms with E-state index in [1.54, 1.807) is 19.3 Å². The summed E-state index contributed by atoms with van der Waals surface area (Å²) in [5.41, 5.74) is 10.5. The summed E-state index contributed by atoms with van der Waals surface area (Å²) < 4.78 is 0. The van der Waals surface area contributed by atoms with E-state index in [0.29, 0.717) is 18.7 Å². The zero-order valence-corrected chi connectivity index (χ0v) is 17.9. The third-order valence-corrected chi connectivity index (χ3v) is 5.05. The Morgan fingerprint density at radius 1 is 1.19 bits per heavy atom. The molecule has 0 radical (unpaired) electrons. The Kier molecular flexibility index (Phi) is 6.98. The summed E-state index contributed by atoms with van der Waals surface area (Å²) in [6.07, 6.45) is 7.09. The van der Waals surface area contributed by atoms with E-state index in [4.69, 9.17) is 17.3 Å². The molecule has 1 aliphatic heterocycles. The van der Waals surface area contributed by atoms with Gasteiger partial charge in [-0.3, -0.25) is 14.6 Å². The lowest BCUT2D eigenvalue weighted by Gasteiger charge is -2.08. The first-order valence-electron chi connectivity index (χ1n) is 10.0. The number of likely N-dealkylation sites (N-methyl/N-ethyl adjacent to an activating group) is 1. The summed E-state index contributed by atoms with van der Waals surface area (Å²) in [6, 6.07) is 14.9. The lowest BCUT2D eigenvalue weighted by atomic mass is 10.0. The number of pyridine rings is 2. The molecular formula is C25H24N4O3. The first-order chi connectivity index (χ1) is 15.3. The molecule has 162 valence electrons. The largest absolute Gasteiger partial charge is 0.383 e. The van der Waals surface area contributed by atoms with Crippen LogP contribution in [0, 0.1) is 19.3 Å². The molecule has 0 spiro atoms. The average Bonchev–Trinajstić information content (AvgIpc) is 3.10. The van der Waals surface area contributed by atoms with Gasteiger partial charge in [0.1, 0.15) is 11.8 Å². The molecule has 7 nitrogen and oxygen atoms in total. The second kappa shape index (κ2) is 9.86. The van der Waals surface area contributed by atoms with E-state index in [2.05, 4.69) is 15.9 Å². The summed E-state index contributed by atoms with van der Waals surface area (Å²) in [5.74, 6) is 1.87. The van der Waals surface area contributed by atoms with Crippen LogP contribution in [0.5, 0.6) is 0 Å². The van der Waals surface area contributed by atoms with Crippen LogP contribution in [0.1, 0.15) is 28.2 Å². The molecule has 4 rings (SSSR count). The Balaban J connectivity index is 0.000000305. The Morgan fingerprint density at radius 3 is 2.50 bits per heavy atom. The molecule has 1 aliphatic rings. The molecule has 2 aromatic heterocycles. The van der Waals surface area contributed by atoms with Crippen molar-refractivity contribution in [1.29, 1.82) is 0 Å². The topological polar surface area (TPSA) is 109 Å². The van der Waals surface area contributed by atoms with E-state index in [1.165, 1.54) is 4.90 Å². The quantitative estimate of drug-likeness (QED) is 0.623. The van der Waals surface area contributed by atoms with Crippen LogP contribution in [0.25, 0.3) is 22.4 Å². The predicted octanol–water partition coefficient (Wildman–Crippen LogP) is 2.41. The van der Waals surface area contributed by atoms with Gasteiger partial charge < -0.3 is 15.7 Å². The Labute approximate surface area is 186 Å². The van der Waals surface area contributed by atoms with Gasteiger partial charge in [-0.05, 0) is 49.2 Å². The first-order valence-corrected chi connectivity index (χ1v) is 10.0. The highest BCUT2D eigenvalue weighted by atomic mass is 16.3. The van der Waals surface area contributed by atoms with Crippen molar-refractivity contribution in [3.05, 3.63) is 71.7 Å². The summed E-state index contributed by atoms with van der Waals surface area (Å²) in [4.78, 5) is 32.4. The van der Waals surface area contributed by atoms with Gasteiger partial charge in [0, 0.05) is 42.2 Å². The van der Waals surface area contributed by atoms with Gasteiger partial charge in [0.05, 0.1) is 5.69 Å². The number of aryl methyl sites for hydroxylation is 1. The normalized spacial score (nSPS) is 15.0. The van der Waals surface area contributed by atoms with Crippen LogP contribution >= 0.6 is 0 Å². The maximum Gasteiger partial charge on any atom is 0.267 e. The molecule has 1 aromatic carbocycles. The minimum absolute atomic E-state index is 0.148. The number of nitrogens with two attached hydrogens (primary N) is 1. The van der Waals surface area contributed by atoms with Gasteiger partial charge in [0.25, 0.3) is 11.8 Å². The Morgan fingerprint density at radius 2 is 1.97 bits per heavy atom. The number of aliphatic hydroxyl groups excluding tert-OH is 1. The zero-order chi connectivity index (χ0) is 23.3. The molecule has 3 heterocycles. The molecule has 3 aromatic rings. The number of likely N-dealkylation sites (tertiary alicyclic amines) is 1. The standard InChI is InChI=1S/C20H15N3O.C5H9NO2/c1-3-14-5-4-6-15(9-14)18-10-17(11-19(23-18)20(21)24)16-8-7-13(2)22-12-16;1-6-3-2-4(7)5(6)8/h1,4-12H,2H3,(H2,21,24);4,7H,2-3H2,1H3. The molecule has 7 heteroatoms. The Hall–Kier alpha value is -4.02. The number of aliphatic hydroxyl groups is 1. The minimum Gasteiger partial charge on any atom is -0.383 e. The van der Waals surface area contributed by atoms with Crippen LogP contribution in [0.15, 0.2) is 54.7 Å². The highest BCUT2D eigenvalue weighted by Crippen LogP contribution is 2.26. The second-order valence-electron chi connectivity index (χ2n) is 7.47. The second-order valence-corrected chi connectivity index (χ2v) is 7.47. The number of amides is 2. The maximum atomic E-state index is 11.7. The van der Waals surface area contributed by atoms with Crippen LogP contribution in [0.4, 0.5) is 0 Å². The number of benzene rings is 1. The van der Waals surface area contributed by atoms with Crippen LogP contribution in [-0.4, -0.2) is 51.5 Å². The van der Waals surface area contributed by atoms with E-state index in [1.807, 2.05) is 49.4 Å². The molecule has 0 aliphatic carbocycles. The number of nitrogens with zero attached hydrogens (tertiary/aromatic N) is 3. The molecule has 1 saturated heterocycles. The monoisotopic (exact) mass is 428 g/mol. The van der Waals surface area contributed by atoms with Gasteiger partial charge in [-0.25, -0.2) is 4.98 Å². The van der Waals surface area contributed by atoms with Crippen LogP contribution in [0.3, 0.4) is 0 Å². The van der Waals surface area contributed by atoms with Crippen LogP contribution < -0.4 is 5.73 Å². The average molecular weight is 428 g/mol. The van der Waals surface area contributed by atoms with Gasteiger partial charge in [0.15, 0.2) is 0 Å². The number of carbonyl (C=O) groups excluding carboxylic acids is 2. The minimum atomic E-state index is -0.722. The van der Waals surface area contributed by atoms with Gasteiger partial charge in [0.2, 0.25) is 0 Å². The van der Waals surface area contributed by atoms with Crippen molar-refractivity contribution in [1.82, 2.24) is 14.9 Å². The summed E-state index contributed by atoms with van der Waals surface area (Å²) in [6.45, 7) is 2.61. The highest BCUT2D eigenvalue weighted by molar-refractivity contribution is 5.93. The molecule has 0 saturated carbocycles. The lowest BCUT2D eigenvalue weighted by molar-refractivity contribution is -0.133. The van der Waals surface area contributed by atoms with E-state index in [9.17, 15) is 9.59 Å². The maximum absolute atomic E-state index is 11.7. The van der Waals surface area contributed by atoms with E-state index in [-0.39, 0.29) is 11.6 Å². The van der Waals surface area contributed by atoms with Crippen LogP contribution in [-0.2, 0) is 4.79 Å². The van der Waals surface area contributed by atoms with Crippen molar-refractivity contribution < 1.29 is 14.7 Å². The van der Waals surface area contributed by atoms with Crippen molar-refractivity contribution in [2.45, 2.75) is 19.4 Å². The van der Waals surface area contributed by atoms with Crippen molar-refractivity contribution in [3.63, 3.8) is 0 Å².